The van der Waals surface area contributed by atoms with Crippen LogP contribution >= 0.6 is 0 Å². The molecule has 0 aromatic heterocycles. The Labute approximate surface area is 146 Å². The van der Waals surface area contributed by atoms with Crippen LogP contribution in [0.15, 0.2) is 42.5 Å². The SMILES string of the molecule is COc1cc(OC)cc(C(=O)Nc2ccc(C(=O)NC3CC3)cc2)c1. The Morgan fingerprint density at radius 1 is 0.880 bits per heavy atom. The lowest BCUT2D eigenvalue weighted by Crippen LogP contribution is -2.25. The maximum atomic E-state index is 12.4. The van der Waals surface area contributed by atoms with Crippen LogP contribution in [0, 0.1) is 0 Å². The van der Waals surface area contributed by atoms with Crippen molar-refractivity contribution in [2.75, 3.05) is 19.5 Å². The van der Waals surface area contributed by atoms with E-state index in [4.69, 9.17) is 9.47 Å². The van der Waals surface area contributed by atoms with Gasteiger partial charge in [0.15, 0.2) is 0 Å². The van der Waals surface area contributed by atoms with Crippen molar-refractivity contribution in [2.45, 2.75) is 18.9 Å². The summed E-state index contributed by atoms with van der Waals surface area (Å²) in [7, 11) is 3.06. The largest absolute Gasteiger partial charge is 0.497 e. The van der Waals surface area contributed by atoms with Crippen LogP contribution in [0.2, 0.25) is 0 Å². The second-order valence-corrected chi connectivity index (χ2v) is 5.88. The maximum absolute atomic E-state index is 12.4. The number of rotatable bonds is 6. The van der Waals surface area contributed by atoms with E-state index in [1.807, 2.05) is 0 Å². The van der Waals surface area contributed by atoms with Crippen LogP contribution in [0.4, 0.5) is 5.69 Å². The van der Waals surface area contributed by atoms with Crippen molar-refractivity contribution in [1.29, 1.82) is 0 Å². The molecule has 0 atom stereocenters. The number of anilines is 1. The smallest absolute Gasteiger partial charge is 0.255 e. The quantitative estimate of drug-likeness (QED) is 0.848. The fraction of sp³-hybridized carbons (Fsp3) is 0.263. The normalized spacial score (nSPS) is 13.0. The van der Waals surface area contributed by atoms with Gasteiger partial charge < -0.3 is 20.1 Å². The summed E-state index contributed by atoms with van der Waals surface area (Å²) in [5.74, 6) is 0.707. The molecule has 0 radical (unpaired) electrons. The highest BCUT2D eigenvalue weighted by Crippen LogP contribution is 2.23. The number of benzene rings is 2. The van der Waals surface area contributed by atoms with Gasteiger partial charge in [0, 0.05) is 28.9 Å². The number of hydrogen-bond acceptors (Lipinski definition) is 4. The van der Waals surface area contributed by atoms with E-state index < -0.39 is 0 Å². The maximum Gasteiger partial charge on any atom is 0.255 e. The second kappa shape index (κ2) is 7.25. The molecule has 0 unspecified atom stereocenters. The summed E-state index contributed by atoms with van der Waals surface area (Å²) >= 11 is 0. The van der Waals surface area contributed by atoms with Crippen LogP contribution in [-0.4, -0.2) is 32.1 Å². The third kappa shape index (κ3) is 4.29. The highest BCUT2D eigenvalue weighted by Gasteiger charge is 2.23. The molecule has 25 heavy (non-hydrogen) atoms. The Bertz CT molecular complexity index is 760. The van der Waals surface area contributed by atoms with E-state index in [0.717, 1.165) is 12.8 Å². The Hall–Kier alpha value is -3.02. The molecule has 6 heteroatoms. The number of ether oxygens (including phenoxy) is 2. The highest BCUT2D eigenvalue weighted by atomic mass is 16.5. The van der Waals surface area contributed by atoms with E-state index in [0.29, 0.717) is 34.4 Å². The first-order valence-corrected chi connectivity index (χ1v) is 8.04. The van der Waals surface area contributed by atoms with Crippen LogP contribution in [0.25, 0.3) is 0 Å². The Kier molecular flexibility index (Phi) is 4.88. The number of hydrogen-bond donors (Lipinski definition) is 2. The molecule has 1 aliphatic rings. The van der Waals surface area contributed by atoms with Gasteiger partial charge in [-0.2, -0.15) is 0 Å². The molecule has 0 heterocycles. The number of methoxy groups -OCH3 is 2. The first-order valence-electron chi connectivity index (χ1n) is 8.04. The molecule has 2 N–H and O–H groups in total. The van der Waals surface area contributed by atoms with E-state index in [2.05, 4.69) is 10.6 Å². The molecular formula is C19H20N2O4. The monoisotopic (exact) mass is 340 g/mol. The van der Waals surface area contributed by atoms with Crippen LogP contribution in [0.5, 0.6) is 11.5 Å². The molecule has 2 amide bonds. The minimum Gasteiger partial charge on any atom is -0.497 e. The number of carbonyl (C=O) groups is 2. The number of nitrogens with one attached hydrogen (secondary N) is 2. The van der Waals surface area contributed by atoms with Gasteiger partial charge in [0.05, 0.1) is 14.2 Å². The molecule has 130 valence electrons. The lowest BCUT2D eigenvalue weighted by Gasteiger charge is -2.10. The summed E-state index contributed by atoms with van der Waals surface area (Å²) in [6, 6.07) is 12.1. The third-order valence-corrected chi connectivity index (χ3v) is 3.93. The van der Waals surface area contributed by atoms with Crippen LogP contribution in [-0.2, 0) is 0 Å². The van der Waals surface area contributed by atoms with Crippen molar-refractivity contribution < 1.29 is 19.1 Å². The number of amides is 2. The molecule has 1 saturated carbocycles. The molecule has 3 rings (SSSR count). The van der Waals surface area contributed by atoms with E-state index >= 15 is 0 Å². The molecular weight excluding hydrogens is 320 g/mol. The molecule has 1 aliphatic carbocycles. The van der Waals surface area contributed by atoms with Gasteiger partial charge in [0.2, 0.25) is 0 Å². The Morgan fingerprint density at radius 2 is 1.48 bits per heavy atom. The summed E-state index contributed by atoms with van der Waals surface area (Å²) < 4.78 is 10.3. The van der Waals surface area contributed by atoms with Gasteiger partial charge in [0.1, 0.15) is 11.5 Å². The van der Waals surface area contributed by atoms with Gasteiger partial charge in [-0.15, -0.1) is 0 Å². The average Bonchev–Trinajstić information content (AvgIpc) is 3.45. The zero-order chi connectivity index (χ0) is 17.8. The summed E-state index contributed by atoms with van der Waals surface area (Å²) in [5, 5.41) is 5.73. The topological polar surface area (TPSA) is 76.7 Å². The van der Waals surface area contributed by atoms with Gasteiger partial charge in [-0.25, -0.2) is 0 Å². The first-order chi connectivity index (χ1) is 12.1. The summed E-state index contributed by atoms with van der Waals surface area (Å²) in [6.45, 7) is 0. The zero-order valence-electron chi connectivity index (χ0n) is 14.2. The van der Waals surface area contributed by atoms with Crippen molar-refractivity contribution in [3.05, 3.63) is 53.6 Å². The second-order valence-electron chi connectivity index (χ2n) is 5.88. The molecule has 6 nitrogen and oxygen atoms in total. The van der Waals surface area contributed by atoms with Crippen LogP contribution < -0.4 is 20.1 Å². The molecule has 2 aromatic rings. The summed E-state index contributed by atoms with van der Waals surface area (Å²) in [4.78, 5) is 24.4. The van der Waals surface area contributed by atoms with Gasteiger partial charge in [-0.05, 0) is 49.2 Å². The Balaban J connectivity index is 1.69. The van der Waals surface area contributed by atoms with Gasteiger partial charge in [-0.3, -0.25) is 9.59 Å². The lowest BCUT2D eigenvalue weighted by atomic mass is 10.1. The van der Waals surface area contributed by atoms with Gasteiger partial charge in [-0.1, -0.05) is 0 Å². The van der Waals surface area contributed by atoms with Gasteiger partial charge in [0.25, 0.3) is 11.8 Å². The predicted octanol–water partition coefficient (Wildman–Crippen LogP) is 2.85. The minimum absolute atomic E-state index is 0.0853. The van der Waals surface area contributed by atoms with Crippen molar-refractivity contribution in [3.63, 3.8) is 0 Å². The van der Waals surface area contributed by atoms with Crippen LogP contribution in [0.1, 0.15) is 33.6 Å². The van der Waals surface area contributed by atoms with E-state index in [9.17, 15) is 9.59 Å². The van der Waals surface area contributed by atoms with Crippen molar-refractivity contribution in [1.82, 2.24) is 5.32 Å². The summed E-state index contributed by atoms with van der Waals surface area (Å²) in [5.41, 5.74) is 1.61. The summed E-state index contributed by atoms with van der Waals surface area (Å²) in [6.07, 6.45) is 2.09. The zero-order valence-corrected chi connectivity index (χ0v) is 14.2. The minimum atomic E-state index is -0.285. The van der Waals surface area contributed by atoms with E-state index in [1.165, 1.54) is 14.2 Å². The fourth-order valence-electron chi connectivity index (χ4n) is 2.34. The number of carbonyl (C=O) groups excluding carboxylic acids is 2. The van der Waals surface area contributed by atoms with Crippen molar-refractivity contribution >= 4 is 17.5 Å². The van der Waals surface area contributed by atoms with Crippen LogP contribution in [0.3, 0.4) is 0 Å². The fourth-order valence-corrected chi connectivity index (χ4v) is 2.34. The predicted molar refractivity (Wildman–Crippen MR) is 94.4 cm³/mol. The van der Waals surface area contributed by atoms with Crippen molar-refractivity contribution in [3.8, 4) is 11.5 Å². The lowest BCUT2D eigenvalue weighted by molar-refractivity contribution is 0.0950. The molecule has 0 bridgehead atoms. The highest BCUT2D eigenvalue weighted by molar-refractivity contribution is 6.05. The van der Waals surface area contributed by atoms with E-state index in [-0.39, 0.29) is 11.8 Å². The molecule has 0 aliphatic heterocycles. The standard InChI is InChI=1S/C19H20N2O4/c1-24-16-9-13(10-17(11-16)25-2)19(23)21-14-5-3-12(4-6-14)18(22)20-15-7-8-15/h3-6,9-11,15H,7-8H2,1-2H3,(H,20,22)(H,21,23). The molecule has 0 spiro atoms. The van der Waals surface area contributed by atoms with Gasteiger partial charge >= 0.3 is 0 Å². The van der Waals surface area contributed by atoms with E-state index in [1.54, 1.807) is 42.5 Å². The first kappa shape index (κ1) is 16.8. The Morgan fingerprint density at radius 3 is 2.00 bits per heavy atom. The average molecular weight is 340 g/mol. The molecule has 0 saturated heterocycles. The molecule has 2 aromatic carbocycles. The third-order valence-electron chi connectivity index (χ3n) is 3.93. The van der Waals surface area contributed by atoms with Crippen molar-refractivity contribution in [2.24, 2.45) is 0 Å². The molecule has 1 fully saturated rings.